The van der Waals surface area contributed by atoms with E-state index < -0.39 is 0 Å². The summed E-state index contributed by atoms with van der Waals surface area (Å²) in [6, 6.07) is 19.1. The van der Waals surface area contributed by atoms with Crippen molar-refractivity contribution >= 4 is 40.9 Å². The Morgan fingerprint density at radius 2 is 1.14 bits per heavy atom. The van der Waals surface area contributed by atoms with Crippen molar-refractivity contribution < 1.29 is 14.4 Å². The van der Waals surface area contributed by atoms with Gasteiger partial charge in [0.05, 0.1) is 0 Å². The number of aromatic nitrogens is 3. The van der Waals surface area contributed by atoms with Gasteiger partial charge in [-0.05, 0) is 69.8 Å². The lowest BCUT2D eigenvalue weighted by atomic mass is 9.80. The lowest BCUT2D eigenvalue weighted by molar-refractivity contribution is 0.0961. The number of nitrogens with zero attached hydrogens (tertiary/aromatic N) is 5. The zero-order chi connectivity index (χ0) is 35.5. The Balaban J connectivity index is 1.26. The number of hydrogen-bond acceptors (Lipinski definition) is 11. The zero-order valence-corrected chi connectivity index (χ0v) is 29.6. The van der Waals surface area contributed by atoms with Gasteiger partial charge in [-0.3, -0.25) is 14.4 Å². The molecule has 3 aromatic carbocycles. The number of nitrogens with one attached hydrogen (secondary N) is 3. The van der Waals surface area contributed by atoms with Crippen LogP contribution in [0.1, 0.15) is 88.3 Å². The minimum atomic E-state index is -0.299. The molecular weight excluding hydrogens is 628 g/mol. The molecule has 1 aliphatic rings. The average molecular weight is 677 g/mol. The molecule has 11 heteroatoms. The van der Waals surface area contributed by atoms with Crippen molar-refractivity contribution in [2.24, 2.45) is 0 Å². The van der Waals surface area contributed by atoms with Gasteiger partial charge in [0.25, 0.3) is 0 Å². The fraction of sp³-hybridized carbons (Fsp3) is 0.385. The maximum atomic E-state index is 13.5. The van der Waals surface area contributed by atoms with Crippen molar-refractivity contribution in [2.45, 2.75) is 47.0 Å². The number of hydrogen-bond donors (Lipinski definition) is 3. The highest BCUT2D eigenvalue weighted by molar-refractivity contribution is 6.30. The first-order valence-electron chi connectivity index (χ1n) is 17.7. The summed E-state index contributed by atoms with van der Waals surface area (Å²) in [5, 5.41) is 10.0. The number of ketones is 3. The van der Waals surface area contributed by atoms with Gasteiger partial charge in [0.1, 0.15) is 0 Å². The third-order valence-corrected chi connectivity index (χ3v) is 9.12. The second-order valence-electron chi connectivity index (χ2n) is 12.3. The Bertz CT molecular complexity index is 1750. The molecular formula is C39H48N8O3. The summed E-state index contributed by atoms with van der Waals surface area (Å²) in [4.78, 5) is 58.7. The predicted octanol–water partition coefficient (Wildman–Crippen LogP) is 6.10. The molecule has 0 atom stereocenters. The molecule has 11 nitrogen and oxygen atoms in total. The summed E-state index contributed by atoms with van der Waals surface area (Å²) in [6.07, 6.45) is 2.01. The number of fused-ring (bicyclic) bond motifs is 2. The van der Waals surface area contributed by atoms with Crippen LogP contribution < -0.4 is 16.0 Å². The molecule has 50 heavy (non-hydrogen) atoms. The molecule has 1 aliphatic carbocycles. The summed E-state index contributed by atoms with van der Waals surface area (Å²) in [5.74, 6) is 0.630. The Morgan fingerprint density at radius 3 is 1.70 bits per heavy atom. The molecule has 3 N–H and O–H groups in total. The largest absolute Gasteiger partial charge is 0.354 e. The van der Waals surface area contributed by atoms with Gasteiger partial charge in [-0.1, -0.05) is 82.3 Å². The summed E-state index contributed by atoms with van der Waals surface area (Å²) in [5.41, 5.74) is 2.94. The molecule has 0 unspecified atom stereocenters. The third-order valence-electron chi connectivity index (χ3n) is 9.12. The molecule has 0 spiro atoms. The van der Waals surface area contributed by atoms with Crippen molar-refractivity contribution in [3.05, 3.63) is 100 Å². The van der Waals surface area contributed by atoms with E-state index in [1.807, 2.05) is 24.3 Å². The summed E-state index contributed by atoms with van der Waals surface area (Å²) in [7, 11) is 0. The van der Waals surface area contributed by atoms with Crippen LogP contribution in [0.25, 0.3) is 0 Å². The number of carbonyl (C=O) groups excluding carboxylic acids is 3. The molecule has 0 saturated heterocycles. The van der Waals surface area contributed by atoms with Crippen molar-refractivity contribution in [2.75, 3.05) is 68.3 Å². The Kier molecular flexibility index (Phi) is 12.8. The van der Waals surface area contributed by atoms with Gasteiger partial charge in [0.2, 0.25) is 17.8 Å². The van der Waals surface area contributed by atoms with Gasteiger partial charge in [-0.2, -0.15) is 15.0 Å². The summed E-state index contributed by atoms with van der Waals surface area (Å²) in [6.45, 7) is 16.2. The van der Waals surface area contributed by atoms with Gasteiger partial charge < -0.3 is 25.8 Å². The van der Waals surface area contributed by atoms with Crippen LogP contribution >= 0.6 is 0 Å². The van der Waals surface area contributed by atoms with E-state index in [0.29, 0.717) is 29.0 Å². The molecule has 0 aliphatic heterocycles. The first-order valence-corrected chi connectivity index (χ1v) is 17.7. The molecule has 0 bridgehead atoms. The van der Waals surface area contributed by atoms with E-state index in [2.05, 4.69) is 68.4 Å². The molecule has 5 rings (SSSR count). The first kappa shape index (κ1) is 36.3. The number of carbonyl (C=O) groups is 3. The van der Waals surface area contributed by atoms with E-state index in [9.17, 15) is 14.4 Å². The average Bonchev–Trinajstić information content (AvgIpc) is 3.14. The zero-order valence-electron chi connectivity index (χ0n) is 29.6. The summed E-state index contributed by atoms with van der Waals surface area (Å²) >= 11 is 0. The van der Waals surface area contributed by atoms with Gasteiger partial charge in [-0.25, -0.2) is 0 Å². The number of benzene rings is 3. The Hall–Kier alpha value is -5.00. The summed E-state index contributed by atoms with van der Waals surface area (Å²) < 4.78 is 0. The third kappa shape index (κ3) is 8.96. The van der Waals surface area contributed by atoms with Gasteiger partial charge >= 0.3 is 0 Å². The fourth-order valence-corrected chi connectivity index (χ4v) is 6.17. The highest BCUT2D eigenvalue weighted by Crippen LogP contribution is 2.30. The topological polar surface area (TPSA) is 132 Å². The number of anilines is 4. The lowest BCUT2D eigenvalue weighted by Gasteiger charge is -2.19. The van der Waals surface area contributed by atoms with Crippen LogP contribution in [0.2, 0.25) is 0 Å². The molecule has 0 saturated carbocycles. The van der Waals surface area contributed by atoms with Gasteiger partial charge in [0.15, 0.2) is 17.3 Å². The second kappa shape index (κ2) is 17.6. The predicted molar refractivity (Wildman–Crippen MR) is 199 cm³/mol. The highest BCUT2D eigenvalue weighted by atomic mass is 16.1. The molecule has 1 heterocycles. The van der Waals surface area contributed by atoms with Crippen LogP contribution in [0.15, 0.2) is 66.7 Å². The Morgan fingerprint density at radius 1 is 0.620 bits per heavy atom. The molecule has 0 radical (unpaired) electrons. The van der Waals surface area contributed by atoms with Crippen molar-refractivity contribution in [1.82, 2.24) is 24.8 Å². The maximum Gasteiger partial charge on any atom is 0.233 e. The smallest absolute Gasteiger partial charge is 0.233 e. The fourth-order valence-electron chi connectivity index (χ4n) is 6.17. The van der Waals surface area contributed by atoms with Crippen LogP contribution in [0.5, 0.6) is 0 Å². The molecule has 262 valence electrons. The van der Waals surface area contributed by atoms with E-state index in [1.165, 1.54) is 0 Å². The van der Waals surface area contributed by atoms with Crippen LogP contribution in [0, 0.1) is 0 Å². The van der Waals surface area contributed by atoms with Crippen LogP contribution in [-0.2, 0) is 6.42 Å². The molecule has 0 fully saturated rings. The van der Waals surface area contributed by atoms with E-state index >= 15 is 0 Å². The molecule has 4 aromatic rings. The van der Waals surface area contributed by atoms with Crippen LogP contribution in [0.4, 0.5) is 23.5 Å². The van der Waals surface area contributed by atoms with E-state index in [4.69, 9.17) is 0 Å². The lowest BCUT2D eigenvalue weighted by Crippen LogP contribution is -2.26. The normalized spacial score (nSPS) is 12.2. The second-order valence-corrected chi connectivity index (χ2v) is 12.3. The van der Waals surface area contributed by atoms with Crippen LogP contribution in [-0.4, -0.2) is 94.5 Å². The van der Waals surface area contributed by atoms with Crippen molar-refractivity contribution in [1.29, 1.82) is 0 Å². The van der Waals surface area contributed by atoms with Crippen LogP contribution in [0.3, 0.4) is 0 Å². The number of rotatable bonds is 19. The van der Waals surface area contributed by atoms with Gasteiger partial charge in [0, 0.05) is 53.0 Å². The molecule has 0 amide bonds. The van der Waals surface area contributed by atoms with E-state index in [0.717, 1.165) is 76.5 Å². The quantitative estimate of drug-likeness (QED) is 0.0692. The standard InChI is InChI=1S/C39H48N8O3/c1-5-46(6-2)24-12-22-40-37-43-38(41-23-13-25-47(7-3)8-4)45-39(44-37)42-28-20-18-27(19-21-28)26-33(48)31-16-11-17-32-34(31)36(50)30-15-10-9-14-29(30)35(32)49/h9-11,14-21H,5-8,12-13,22-26H2,1-4H3,(H3,40,41,42,43,44,45). The maximum absolute atomic E-state index is 13.5. The minimum absolute atomic E-state index is 0.0781. The Labute approximate surface area is 294 Å². The van der Waals surface area contributed by atoms with E-state index in [-0.39, 0.29) is 40.5 Å². The monoisotopic (exact) mass is 676 g/mol. The first-order chi connectivity index (χ1) is 24.3. The highest BCUT2D eigenvalue weighted by Gasteiger charge is 2.32. The molecule has 1 aromatic heterocycles. The van der Waals surface area contributed by atoms with E-state index in [1.54, 1.807) is 42.5 Å². The number of Topliss-reactive ketones (excluding diaryl/α,β-unsaturated/α-hetero) is 1. The van der Waals surface area contributed by atoms with Crippen molar-refractivity contribution in [3.8, 4) is 0 Å². The SMILES string of the molecule is CCN(CC)CCCNc1nc(NCCCN(CC)CC)nc(Nc2ccc(CC(=O)c3cccc4c3C(=O)c3ccccc3C4=O)cc2)n1. The van der Waals surface area contributed by atoms with Gasteiger partial charge in [-0.15, -0.1) is 0 Å². The minimum Gasteiger partial charge on any atom is -0.354 e. The van der Waals surface area contributed by atoms with Crippen molar-refractivity contribution in [3.63, 3.8) is 0 Å².